The van der Waals surface area contributed by atoms with E-state index < -0.39 is 0 Å². The van der Waals surface area contributed by atoms with Crippen LogP contribution < -0.4 is 5.46 Å². The first-order valence-corrected chi connectivity index (χ1v) is 5.85. The number of benzene rings is 2. The smallest absolute Gasteiger partial charge is 0.0855 e. The molecule has 0 spiro atoms. The molecule has 0 saturated heterocycles. The molecule has 2 rings (SSSR count). The van der Waals surface area contributed by atoms with Crippen LogP contribution in [0.1, 0.15) is 16.7 Å². The zero-order chi connectivity index (χ0) is 11.5. The second-order valence-corrected chi connectivity index (χ2v) is 4.53. The van der Waals surface area contributed by atoms with Gasteiger partial charge in [0.05, 0.1) is 0 Å². The Hall–Kier alpha value is -1.21. The van der Waals surface area contributed by atoms with Gasteiger partial charge in [-0.3, -0.25) is 0 Å². The second kappa shape index (κ2) is 4.75. The quantitative estimate of drug-likeness (QED) is 0.693. The minimum atomic E-state index is 0.853. The number of halogens is 1. The third-order valence-electron chi connectivity index (χ3n) is 3.02. The number of rotatable bonds is 2. The monoisotopic (exact) mass is 228 g/mol. The van der Waals surface area contributed by atoms with Crippen LogP contribution in [0.5, 0.6) is 0 Å². The molecule has 2 aromatic rings. The van der Waals surface area contributed by atoms with Crippen molar-refractivity contribution < 1.29 is 0 Å². The van der Waals surface area contributed by atoms with Gasteiger partial charge in [0.15, 0.2) is 0 Å². The predicted octanol–water partition coefficient (Wildman–Crippen LogP) is 2.50. The molecular formula is C14H14BCl. The van der Waals surface area contributed by atoms with Crippen LogP contribution >= 0.6 is 11.6 Å². The van der Waals surface area contributed by atoms with E-state index in [1.165, 1.54) is 22.2 Å². The molecule has 0 N–H and O–H groups in total. The van der Waals surface area contributed by atoms with Crippen molar-refractivity contribution in [2.75, 3.05) is 0 Å². The molecule has 0 heterocycles. The molecule has 0 atom stereocenters. The highest BCUT2D eigenvalue weighted by atomic mass is 35.5. The van der Waals surface area contributed by atoms with Crippen molar-refractivity contribution in [2.45, 2.75) is 13.3 Å². The predicted molar refractivity (Wildman–Crippen MR) is 73.6 cm³/mol. The Bertz CT molecular complexity index is 506. The summed E-state index contributed by atoms with van der Waals surface area (Å²) >= 11 is 6.12. The van der Waals surface area contributed by atoms with Crippen molar-refractivity contribution in [1.29, 1.82) is 0 Å². The van der Waals surface area contributed by atoms with Crippen molar-refractivity contribution in [1.82, 2.24) is 0 Å². The highest BCUT2D eigenvalue weighted by Gasteiger charge is 2.04. The van der Waals surface area contributed by atoms with Gasteiger partial charge in [-0.2, -0.15) is 0 Å². The molecule has 0 bridgehead atoms. The van der Waals surface area contributed by atoms with Crippen LogP contribution in [-0.2, 0) is 6.42 Å². The Labute approximate surface area is 103 Å². The van der Waals surface area contributed by atoms with Crippen LogP contribution in [0.3, 0.4) is 0 Å². The van der Waals surface area contributed by atoms with Crippen molar-refractivity contribution >= 4 is 24.9 Å². The van der Waals surface area contributed by atoms with E-state index in [2.05, 4.69) is 45.1 Å². The summed E-state index contributed by atoms with van der Waals surface area (Å²) in [7, 11) is 2.15. The first-order chi connectivity index (χ1) is 7.68. The van der Waals surface area contributed by atoms with Gasteiger partial charge in [0.1, 0.15) is 7.85 Å². The Morgan fingerprint density at radius 2 is 1.69 bits per heavy atom. The van der Waals surface area contributed by atoms with Crippen molar-refractivity contribution in [3.63, 3.8) is 0 Å². The van der Waals surface area contributed by atoms with Gasteiger partial charge in [-0.15, -0.1) is 0 Å². The fraction of sp³-hybridized carbons (Fsp3) is 0.143. The molecular weight excluding hydrogens is 214 g/mol. The maximum atomic E-state index is 6.12. The Kier molecular flexibility index (Phi) is 3.35. The molecule has 0 fully saturated rings. The van der Waals surface area contributed by atoms with Crippen LogP contribution in [0.4, 0.5) is 0 Å². The molecule has 2 heteroatoms. The van der Waals surface area contributed by atoms with E-state index in [-0.39, 0.29) is 0 Å². The summed E-state index contributed by atoms with van der Waals surface area (Å²) in [5.41, 5.74) is 5.20. The highest BCUT2D eigenvalue weighted by molar-refractivity contribution is 6.33. The normalized spacial score (nSPS) is 10.4. The van der Waals surface area contributed by atoms with Crippen LogP contribution in [0.25, 0.3) is 0 Å². The molecule has 0 unspecified atom stereocenters. The van der Waals surface area contributed by atoms with Gasteiger partial charge in [0.25, 0.3) is 0 Å². The van der Waals surface area contributed by atoms with Crippen LogP contribution in [0, 0.1) is 6.92 Å². The van der Waals surface area contributed by atoms with E-state index in [4.69, 9.17) is 11.6 Å². The summed E-state index contributed by atoms with van der Waals surface area (Å²) in [6.45, 7) is 2.08. The molecule has 2 aromatic carbocycles. The lowest BCUT2D eigenvalue weighted by Crippen LogP contribution is -2.10. The summed E-state index contributed by atoms with van der Waals surface area (Å²) in [5.74, 6) is 0. The minimum Gasteiger partial charge on any atom is -0.0855 e. The fourth-order valence-electron chi connectivity index (χ4n) is 1.86. The van der Waals surface area contributed by atoms with Crippen LogP contribution in [0.2, 0.25) is 5.02 Å². The van der Waals surface area contributed by atoms with Gasteiger partial charge in [-0.1, -0.05) is 53.5 Å². The fourth-order valence-corrected chi connectivity index (χ4v) is 2.05. The third-order valence-corrected chi connectivity index (χ3v) is 3.43. The molecule has 0 aliphatic carbocycles. The molecule has 0 aromatic heterocycles. The molecule has 0 nitrogen and oxygen atoms in total. The maximum Gasteiger partial charge on any atom is 0.139 e. The SMILES string of the molecule is Bc1ccccc1Cc1cccc(Cl)c1C. The van der Waals surface area contributed by atoms with Gasteiger partial charge in [0.2, 0.25) is 0 Å². The van der Waals surface area contributed by atoms with E-state index in [0.29, 0.717) is 0 Å². The number of hydrogen-bond donors (Lipinski definition) is 0. The lowest BCUT2D eigenvalue weighted by atomic mass is 9.87. The Morgan fingerprint density at radius 3 is 2.44 bits per heavy atom. The maximum absolute atomic E-state index is 6.12. The topological polar surface area (TPSA) is 0 Å². The Balaban J connectivity index is 2.35. The minimum absolute atomic E-state index is 0.853. The van der Waals surface area contributed by atoms with Crippen molar-refractivity contribution in [3.05, 3.63) is 64.2 Å². The molecule has 0 amide bonds. The van der Waals surface area contributed by atoms with E-state index in [9.17, 15) is 0 Å². The van der Waals surface area contributed by atoms with E-state index in [0.717, 1.165) is 11.4 Å². The van der Waals surface area contributed by atoms with Gasteiger partial charge in [-0.25, -0.2) is 0 Å². The summed E-state index contributed by atoms with van der Waals surface area (Å²) < 4.78 is 0. The lowest BCUT2D eigenvalue weighted by molar-refractivity contribution is 1.17. The van der Waals surface area contributed by atoms with E-state index in [1.54, 1.807) is 0 Å². The van der Waals surface area contributed by atoms with Crippen molar-refractivity contribution in [2.24, 2.45) is 0 Å². The first kappa shape index (κ1) is 11.3. The zero-order valence-electron chi connectivity index (χ0n) is 9.63. The van der Waals surface area contributed by atoms with E-state index in [1.807, 2.05) is 12.1 Å². The average Bonchev–Trinajstić information content (AvgIpc) is 2.28. The lowest BCUT2D eigenvalue weighted by Gasteiger charge is -2.09. The molecule has 0 radical (unpaired) electrons. The summed E-state index contributed by atoms with van der Waals surface area (Å²) in [6.07, 6.45) is 0.957. The van der Waals surface area contributed by atoms with Gasteiger partial charge in [0, 0.05) is 5.02 Å². The number of hydrogen-bond acceptors (Lipinski definition) is 0. The molecule has 0 saturated carbocycles. The standard InChI is InChI=1S/C14H14BCl/c1-10-11(6-4-8-14(10)16)9-12-5-2-3-7-13(12)15/h2-8H,9,15H2,1H3. The first-order valence-electron chi connectivity index (χ1n) is 5.47. The highest BCUT2D eigenvalue weighted by Crippen LogP contribution is 2.20. The van der Waals surface area contributed by atoms with E-state index >= 15 is 0 Å². The van der Waals surface area contributed by atoms with Gasteiger partial charge < -0.3 is 0 Å². The van der Waals surface area contributed by atoms with Crippen LogP contribution in [0.15, 0.2) is 42.5 Å². The second-order valence-electron chi connectivity index (χ2n) is 4.13. The average molecular weight is 229 g/mol. The Morgan fingerprint density at radius 1 is 1.00 bits per heavy atom. The molecule has 80 valence electrons. The van der Waals surface area contributed by atoms with Gasteiger partial charge >= 0.3 is 0 Å². The van der Waals surface area contributed by atoms with Crippen LogP contribution in [-0.4, -0.2) is 7.85 Å². The molecule has 0 aliphatic rings. The molecule has 0 aliphatic heterocycles. The van der Waals surface area contributed by atoms with Crippen molar-refractivity contribution in [3.8, 4) is 0 Å². The largest absolute Gasteiger partial charge is 0.139 e. The third kappa shape index (κ3) is 2.30. The molecule has 16 heavy (non-hydrogen) atoms. The van der Waals surface area contributed by atoms with Gasteiger partial charge in [-0.05, 0) is 36.1 Å². The zero-order valence-corrected chi connectivity index (χ0v) is 10.4. The summed E-state index contributed by atoms with van der Waals surface area (Å²) in [6, 6.07) is 14.6. The summed E-state index contributed by atoms with van der Waals surface area (Å²) in [4.78, 5) is 0. The summed E-state index contributed by atoms with van der Waals surface area (Å²) in [5, 5.41) is 0.853.